The van der Waals surface area contributed by atoms with Crippen LogP contribution < -0.4 is 14.0 Å². The highest BCUT2D eigenvalue weighted by atomic mass is 16.5. The zero-order chi connectivity index (χ0) is 28.6. The number of ether oxygens (including phenoxy) is 3. The van der Waals surface area contributed by atoms with Crippen molar-refractivity contribution in [3.05, 3.63) is 101 Å². The Morgan fingerprint density at radius 3 is 2.12 bits per heavy atom. The Bertz CT molecular complexity index is 1770. The molecule has 0 saturated carbocycles. The number of methoxy groups -OCH3 is 2. The molecule has 202 valence electrons. The highest BCUT2D eigenvalue weighted by molar-refractivity contribution is 6.17. The van der Waals surface area contributed by atoms with Crippen LogP contribution in [-0.2, 0) is 18.4 Å². The molecule has 0 fully saturated rings. The predicted molar refractivity (Wildman–Crippen MR) is 153 cm³/mol. The number of hydrogen-bond donors (Lipinski definition) is 1. The minimum atomic E-state index is -1.06. The fourth-order valence-corrected chi connectivity index (χ4v) is 5.43. The molecule has 5 aromatic rings. The fraction of sp³-hybridized carbons (Fsp3) is 0.182. The number of carbonyl (C=O) groups excluding carboxylic acids is 1. The second-order valence-electron chi connectivity index (χ2n) is 9.71. The van der Waals surface area contributed by atoms with Gasteiger partial charge in [-0.15, -0.1) is 0 Å². The van der Waals surface area contributed by atoms with E-state index in [1.807, 2.05) is 80.1 Å². The summed E-state index contributed by atoms with van der Waals surface area (Å²) in [5.41, 5.74) is 6.00. The van der Waals surface area contributed by atoms with Gasteiger partial charge in [-0.25, -0.2) is 9.59 Å². The number of nitrogens with zero attached hydrogens (tertiary/aromatic N) is 1. The maximum atomic E-state index is 13.0. The molecule has 1 N–H and O–H groups in total. The second kappa shape index (κ2) is 10.7. The highest BCUT2D eigenvalue weighted by Crippen LogP contribution is 2.43. The number of aromatic nitrogens is 1. The van der Waals surface area contributed by atoms with E-state index in [1.165, 1.54) is 0 Å². The van der Waals surface area contributed by atoms with Crippen molar-refractivity contribution in [3.8, 4) is 22.6 Å². The molecule has 0 unspecified atom stereocenters. The number of hydrogen-bond acceptors (Lipinski definition) is 5. The monoisotopic (exact) mass is 536 g/mol. The normalized spacial score (nSPS) is 11.0. The summed E-state index contributed by atoms with van der Waals surface area (Å²) in [5.74, 6) is -0.399. The van der Waals surface area contributed by atoms with Crippen LogP contribution in [0.3, 0.4) is 0 Å². The average molecular weight is 537 g/mol. The van der Waals surface area contributed by atoms with Crippen molar-refractivity contribution >= 4 is 33.7 Å². The molecular formula is C33H30NO6+. The van der Waals surface area contributed by atoms with Gasteiger partial charge in [0.2, 0.25) is 11.0 Å². The second-order valence-corrected chi connectivity index (χ2v) is 9.71. The maximum absolute atomic E-state index is 13.0. The van der Waals surface area contributed by atoms with Gasteiger partial charge in [-0.2, -0.15) is 4.57 Å². The molecule has 7 nitrogen and oxygen atoms in total. The van der Waals surface area contributed by atoms with Crippen LogP contribution in [0, 0.1) is 13.8 Å². The molecule has 5 rings (SSSR count). The maximum Gasteiger partial charge on any atom is 0.338 e. The number of rotatable bonds is 7. The lowest BCUT2D eigenvalue weighted by Gasteiger charge is -2.19. The van der Waals surface area contributed by atoms with Crippen LogP contribution in [-0.4, -0.2) is 31.3 Å². The number of esters is 1. The Labute approximate surface area is 232 Å². The van der Waals surface area contributed by atoms with Crippen molar-refractivity contribution in [2.75, 3.05) is 14.2 Å². The van der Waals surface area contributed by atoms with Crippen LogP contribution in [0.15, 0.2) is 72.8 Å². The number of benzene rings is 4. The van der Waals surface area contributed by atoms with E-state index in [0.717, 1.165) is 33.3 Å². The summed E-state index contributed by atoms with van der Waals surface area (Å²) in [6.07, 6.45) is 0. The van der Waals surface area contributed by atoms with Crippen molar-refractivity contribution in [1.82, 2.24) is 0 Å². The number of carboxylic acids is 1. The minimum Gasteiger partial charge on any atom is -0.497 e. The smallest absolute Gasteiger partial charge is 0.338 e. The molecule has 1 heterocycles. The van der Waals surface area contributed by atoms with E-state index in [-0.39, 0.29) is 12.2 Å². The summed E-state index contributed by atoms with van der Waals surface area (Å²) < 4.78 is 18.8. The third-order valence-electron chi connectivity index (χ3n) is 7.26. The van der Waals surface area contributed by atoms with Crippen LogP contribution in [0.2, 0.25) is 0 Å². The number of carboxylic acid groups (broad SMARTS) is 1. The molecule has 7 heteroatoms. The van der Waals surface area contributed by atoms with Crippen molar-refractivity contribution < 1.29 is 33.5 Å². The van der Waals surface area contributed by atoms with Gasteiger partial charge in [0.25, 0.3) is 0 Å². The Balaban J connectivity index is 1.74. The number of fused-ring (bicyclic) bond motifs is 2. The fourth-order valence-electron chi connectivity index (χ4n) is 5.43. The van der Waals surface area contributed by atoms with Gasteiger partial charge in [-0.1, -0.05) is 30.3 Å². The van der Waals surface area contributed by atoms with Crippen molar-refractivity contribution in [2.45, 2.75) is 20.5 Å². The van der Waals surface area contributed by atoms with E-state index in [2.05, 4.69) is 0 Å². The van der Waals surface area contributed by atoms with E-state index in [9.17, 15) is 14.7 Å². The Hall–Kier alpha value is -4.91. The zero-order valence-corrected chi connectivity index (χ0v) is 23.1. The highest BCUT2D eigenvalue weighted by Gasteiger charge is 2.29. The lowest BCUT2D eigenvalue weighted by atomic mass is 9.88. The molecule has 0 amide bonds. The van der Waals surface area contributed by atoms with E-state index in [4.69, 9.17) is 14.2 Å². The first-order chi connectivity index (χ1) is 19.2. The van der Waals surface area contributed by atoms with Gasteiger partial charge in [0.15, 0.2) is 0 Å². The summed E-state index contributed by atoms with van der Waals surface area (Å²) in [4.78, 5) is 25.8. The van der Waals surface area contributed by atoms with Gasteiger partial charge in [-0.05, 0) is 66.4 Å². The summed E-state index contributed by atoms with van der Waals surface area (Å²) in [6, 6.07) is 22.2. The van der Waals surface area contributed by atoms with E-state index in [0.29, 0.717) is 33.4 Å². The topological polar surface area (TPSA) is 85.9 Å². The van der Waals surface area contributed by atoms with E-state index in [1.54, 1.807) is 32.4 Å². The summed E-state index contributed by atoms with van der Waals surface area (Å²) in [5, 5.41) is 11.6. The quantitative estimate of drug-likeness (QED) is 0.152. The lowest BCUT2D eigenvalue weighted by Crippen LogP contribution is -2.31. The van der Waals surface area contributed by atoms with Crippen LogP contribution in [0.25, 0.3) is 32.9 Å². The van der Waals surface area contributed by atoms with Crippen LogP contribution >= 0.6 is 0 Å². The Kier molecular flexibility index (Phi) is 7.13. The summed E-state index contributed by atoms with van der Waals surface area (Å²) in [7, 11) is 5.02. The number of carbonyl (C=O) groups is 2. The zero-order valence-electron chi connectivity index (χ0n) is 23.1. The molecule has 0 aliphatic heterocycles. The van der Waals surface area contributed by atoms with Gasteiger partial charge in [0, 0.05) is 17.7 Å². The molecule has 0 radical (unpaired) electrons. The lowest BCUT2D eigenvalue weighted by molar-refractivity contribution is -0.617. The number of aromatic carboxylic acids is 1. The Morgan fingerprint density at radius 1 is 0.825 bits per heavy atom. The average Bonchev–Trinajstić information content (AvgIpc) is 2.95. The summed E-state index contributed by atoms with van der Waals surface area (Å²) in [6.45, 7) is 3.98. The van der Waals surface area contributed by atoms with E-state index >= 15 is 0 Å². The largest absolute Gasteiger partial charge is 0.497 e. The van der Waals surface area contributed by atoms with Crippen LogP contribution in [0.1, 0.15) is 37.4 Å². The van der Waals surface area contributed by atoms with Crippen molar-refractivity contribution in [1.29, 1.82) is 0 Å². The van der Waals surface area contributed by atoms with Gasteiger partial charge in [0.05, 0.1) is 36.1 Å². The molecule has 0 bridgehead atoms. The SMILES string of the molecule is COc1ccc2c(c1)c(C(=O)O)c1c(-c3c(C)cc(C(=O)OCc4ccccc4)cc3C)c(OC)ccc1[n+]2C. The molecule has 0 aliphatic carbocycles. The Morgan fingerprint density at radius 2 is 1.50 bits per heavy atom. The van der Waals surface area contributed by atoms with Gasteiger partial charge in [-0.3, -0.25) is 0 Å². The molecule has 0 atom stereocenters. The first-order valence-corrected chi connectivity index (χ1v) is 12.8. The molecule has 0 aliphatic rings. The van der Waals surface area contributed by atoms with Gasteiger partial charge < -0.3 is 19.3 Å². The third-order valence-corrected chi connectivity index (χ3v) is 7.26. The first-order valence-electron chi connectivity index (χ1n) is 12.8. The number of aryl methyl sites for hydroxylation is 3. The molecule has 4 aromatic carbocycles. The summed E-state index contributed by atoms with van der Waals surface area (Å²) >= 11 is 0. The molecular weight excluding hydrogens is 506 g/mol. The van der Waals surface area contributed by atoms with E-state index < -0.39 is 11.9 Å². The predicted octanol–water partition coefficient (Wildman–Crippen LogP) is 6.17. The van der Waals surface area contributed by atoms with Crippen molar-refractivity contribution in [2.24, 2.45) is 7.05 Å². The standard InChI is InChI=1S/C33H29NO6/c1-19-15-22(33(37)40-18-21-9-7-6-8-10-21)16-20(2)28(19)31-27(39-5)14-13-26-30(31)29(32(35)36)24-17-23(38-4)11-12-25(24)34(26)3/h6-17H,18H2,1-5H3/p+1. The first kappa shape index (κ1) is 26.7. The molecule has 1 aromatic heterocycles. The van der Waals surface area contributed by atoms with Crippen LogP contribution in [0.5, 0.6) is 11.5 Å². The molecule has 0 spiro atoms. The minimum absolute atomic E-state index is 0.154. The van der Waals surface area contributed by atoms with Gasteiger partial charge in [0.1, 0.15) is 25.2 Å². The van der Waals surface area contributed by atoms with Gasteiger partial charge >= 0.3 is 11.9 Å². The molecule has 0 saturated heterocycles. The van der Waals surface area contributed by atoms with Crippen LogP contribution in [0.4, 0.5) is 0 Å². The number of pyridine rings is 1. The van der Waals surface area contributed by atoms with Crippen molar-refractivity contribution in [3.63, 3.8) is 0 Å². The third kappa shape index (κ3) is 4.60. The molecule has 40 heavy (non-hydrogen) atoms.